The summed E-state index contributed by atoms with van der Waals surface area (Å²) in [5.41, 5.74) is 2.96. The van der Waals surface area contributed by atoms with E-state index in [1.807, 2.05) is 83.7 Å². The molecule has 1 atom stereocenters. The van der Waals surface area contributed by atoms with E-state index in [0.29, 0.717) is 6.54 Å². The topological polar surface area (TPSA) is 59.1 Å². The Bertz CT molecular complexity index is 1220. The van der Waals surface area contributed by atoms with E-state index >= 15 is 0 Å². The second kappa shape index (κ2) is 12.2. The maximum Gasteiger partial charge on any atom is 0.326 e. The van der Waals surface area contributed by atoms with E-state index in [0.717, 1.165) is 27.0 Å². The summed E-state index contributed by atoms with van der Waals surface area (Å²) in [5, 5.41) is 1.93. The Hall–Kier alpha value is -3.63. The summed E-state index contributed by atoms with van der Waals surface area (Å²) in [5.74, 6) is 2.08. The first-order chi connectivity index (χ1) is 16.9. The highest BCUT2D eigenvalue weighted by molar-refractivity contribution is 8.00. The van der Waals surface area contributed by atoms with Crippen molar-refractivity contribution in [2.75, 3.05) is 36.5 Å². The zero-order valence-electron chi connectivity index (χ0n) is 20.5. The van der Waals surface area contributed by atoms with E-state index in [4.69, 9.17) is 15.9 Å². The number of ether oxygens (including phenoxy) is 2. The minimum Gasteiger partial charge on any atom is -0.469 e. The van der Waals surface area contributed by atoms with Crippen molar-refractivity contribution in [1.29, 1.82) is 0 Å². The summed E-state index contributed by atoms with van der Waals surface area (Å²) >= 11 is 1.48. The second-order valence-electron chi connectivity index (χ2n) is 8.13. The van der Waals surface area contributed by atoms with Crippen molar-refractivity contribution >= 4 is 46.0 Å². The van der Waals surface area contributed by atoms with E-state index in [-0.39, 0.29) is 30.9 Å². The molecule has 7 heteroatoms. The van der Waals surface area contributed by atoms with Crippen molar-refractivity contribution in [3.05, 3.63) is 66.2 Å². The first-order valence-electron chi connectivity index (χ1n) is 11.3. The number of terminal acetylenes is 1. The first-order valence-corrected chi connectivity index (χ1v) is 12.0. The molecule has 3 aromatic rings. The summed E-state index contributed by atoms with van der Waals surface area (Å²) in [6, 6.07) is 19.9. The van der Waals surface area contributed by atoms with E-state index in [2.05, 4.69) is 5.92 Å². The van der Waals surface area contributed by atoms with E-state index in [1.54, 1.807) is 0 Å². The van der Waals surface area contributed by atoms with Crippen LogP contribution in [0.25, 0.3) is 10.8 Å². The molecule has 0 spiro atoms. The number of carbonyl (C=O) groups is 2. The van der Waals surface area contributed by atoms with Crippen molar-refractivity contribution < 1.29 is 19.1 Å². The fourth-order valence-electron chi connectivity index (χ4n) is 3.82. The molecular formula is C28H30N2O4S. The van der Waals surface area contributed by atoms with Crippen LogP contribution in [0.15, 0.2) is 65.6 Å². The summed E-state index contributed by atoms with van der Waals surface area (Å²) in [6.45, 7) is 4.40. The highest BCUT2D eigenvalue weighted by atomic mass is 32.2. The van der Waals surface area contributed by atoms with Crippen LogP contribution < -0.4 is 9.21 Å². The lowest BCUT2D eigenvalue weighted by atomic mass is 10.0. The van der Waals surface area contributed by atoms with Gasteiger partial charge in [-0.15, -0.1) is 6.42 Å². The Balaban J connectivity index is 2.08. The molecular weight excluding hydrogens is 460 g/mol. The van der Waals surface area contributed by atoms with Gasteiger partial charge in [-0.2, -0.15) is 0 Å². The fraction of sp³-hybridized carbons (Fsp3) is 0.286. The number of anilines is 2. The van der Waals surface area contributed by atoms with Crippen LogP contribution >= 0.6 is 11.9 Å². The van der Waals surface area contributed by atoms with E-state index in [1.165, 1.54) is 31.7 Å². The molecule has 182 valence electrons. The quantitative estimate of drug-likeness (QED) is 0.219. The van der Waals surface area contributed by atoms with Gasteiger partial charge in [0.2, 0.25) is 0 Å². The number of esters is 2. The molecule has 0 radical (unpaired) electrons. The monoisotopic (exact) mass is 490 g/mol. The number of benzene rings is 3. The average molecular weight is 491 g/mol. The molecule has 0 aliphatic carbocycles. The van der Waals surface area contributed by atoms with Gasteiger partial charge in [0.25, 0.3) is 0 Å². The number of nitrogens with zero attached hydrogens (tertiary/aromatic N) is 2. The Morgan fingerprint density at radius 3 is 2.14 bits per heavy atom. The summed E-state index contributed by atoms with van der Waals surface area (Å²) < 4.78 is 11.8. The summed E-state index contributed by atoms with van der Waals surface area (Å²) in [4.78, 5) is 27.3. The van der Waals surface area contributed by atoms with Crippen LogP contribution in [0, 0.1) is 19.3 Å². The number of fused-ring (bicyclic) bond motifs is 1. The highest BCUT2D eigenvalue weighted by Gasteiger charge is 2.22. The van der Waals surface area contributed by atoms with Crippen LogP contribution in [-0.2, 0) is 19.1 Å². The molecule has 3 aromatic carbocycles. The van der Waals surface area contributed by atoms with Gasteiger partial charge in [0.05, 0.1) is 32.9 Å². The predicted octanol–water partition coefficient (Wildman–Crippen LogP) is 5.23. The van der Waals surface area contributed by atoms with Crippen LogP contribution in [0.5, 0.6) is 0 Å². The van der Waals surface area contributed by atoms with Gasteiger partial charge in [-0.3, -0.25) is 9.59 Å². The molecule has 0 saturated carbocycles. The number of aryl methyl sites for hydroxylation is 1. The lowest BCUT2D eigenvalue weighted by Gasteiger charge is -2.31. The number of hydrogen-bond acceptors (Lipinski definition) is 7. The second-order valence-corrected chi connectivity index (χ2v) is 9.22. The first kappa shape index (κ1) is 26.0. The average Bonchev–Trinajstić information content (AvgIpc) is 2.87. The van der Waals surface area contributed by atoms with Crippen molar-refractivity contribution in [3.63, 3.8) is 0 Å². The number of carbonyl (C=O) groups excluding carboxylic acids is 2. The molecule has 35 heavy (non-hydrogen) atoms. The molecule has 0 aromatic heterocycles. The molecule has 0 aliphatic rings. The van der Waals surface area contributed by atoms with Crippen LogP contribution in [0.3, 0.4) is 0 Å². The van der Waals surface area contributed by atoms with Gasteiger partial charge in [-0.05, 0) is 50.1 Å². The van der Waals surface area contributed by atoms with E-state index in [9.17, 15) is 9.59 Å². The molecule has 0 amide bonds. The molecule has 6 nitrogen and oxygen atoms in total. The van der Waals surface area contributed by atoms with Crippen LogP contribution in [0.2, 0.25) is 0 Å². The van der Waals surface area contributed by atoms with Crippen molar-refractivity contribution in [3.8, 4) is 12.3 Å². The molecule has 0 heterocycles. The smallest absolute Gasteiger partial charge is 0.326 e. The van der Waals surface area contributed by atoms with Gasteiger partial charge in [0, 0.05) is 27.4 Å². The van der Waals surface area contributed by atoms with Crippen molar-refractivity contribution in [2.24, 2.45) is 0 Å². The van der Waals surface area contributed by atoms with Crippen molar-refractivity contribution in [2.45, 2.75) is 31.2 Å². The molecule has 0 bridgehead atoms. The third-order valence-electron chi connectivity index (χ3n) is 5.68. The maximum absolute atomic E-state index is 12.3. The Kier molecular flexibility index (Phi) is 9.04. The largest absolute Gasteiger partial charge is 0.469 e. The standard InChI is InChI=1S/C28H30N2O4S/c1-6-17-29(21(3)18-27(31)33-4)25-15-16-26(24-10-8-7-9-23(24)25)30(19-28(32)34-5)35-22-13-11-20(2)12-14-22/h1,7-16,21H,17-19H2,2-5H3/t21-/m0/s1. The van der Waals surface area contributed by atoms with Gasteiger partial charge in [0.15, 0.2) is 0 Å². The predicted molar refractivity (Wildman–Crippen MR) is 143 cm³/mol. The lowest BCUT2D eigenvalue weighted by molar-refractivity contribution is -0.141. The number of hydrogen-bond donors (Lipinski definition) is 0. The molecule has 0 unspecified atom stereocenters. The van der Waals surface area contributed by atoms with Gasteiger partial charge in [0.1, 0.15) is 6.54 Å². The molecule has 3 rings (SSSR count). The van der Waals surface area contributed by atoms with Gasteiger partial charge < -0.3 is 18.7 Å². The lowest BCUT2D eigenvalue weighted by Crippen LogP contribution is -2.35. The third-order valence-corrected chi connectivity index (χ3v) is 6.71. The Morgan fingerprint density at radius 2 is 1.54 bits per heavy atom. The minimum absolute atomic E-state index is 0.0746. The molecule has 0 saturated heterocycles. The third kappa shape index (κ3) is 6.49. The Labute approximate surface area is 211 Å². The highest BCUT2D eigenvalue weighted by Crippen LogP contribution is 2.39. The summed E-state index contributed by atoms with van der Waals surface area (Å²) in [7, 11) is 2.77. The van der Waals surface area contributed by atoms with Gasteiger partial charge >= 0.3 is 11.9 Å². The normalized spacial score (nSPS) is 11.4. The van der Waals surface area contributed by atoms with Crippen LogP contribution in [0.4, 0.5) is 11.4 Å². The Morgan fingerprint density at radius 1 is 0.943 bits per heavy atom. The van der Waals surface area contributed by atoms with Crippen LogP contribution in [-0.4, -0.2) is 45.3 Å². The summed E-state index contributed by atoms with van der Waals surface area (Å²) in [6.07, 6.45) is 5.90. The fourth-order valence-corrected chi connectivity index (χ4v) is 4.76. The minimum atomic E-state index is -0.335. The zero-order valence-corrected chi connectivity index (χ0v) is 21.3. The van der Waals surface area contributed by atoms with Gasteiger partial charge in [-0.1, -0.05) is 47.9 Å². The molecule has 0 N–H and O–H groups in total. The van der Waals surface area contributed by atoms with Gasteiger partial charge in [-0.25, -0.2) is 0 Å². The molecule has 0 aliphatic heterocycles. The van der Waals surface area contributed by atoms with E-state index < -0.39 is 0 Å². The maximum atomic E-state index is 12.3. The SMILES string of the molecule is C#CCN(c1ccc(N(CC(=O)OC)Sc2ccc(C)cc2)c2ccccc12)[C@@H](C)CC(=O)OC. The molecule has 0 fully saturated rings. The zero-order chi connectivity index (χ0) is 25.4. The number of methoxy groups -OCH3 is 2. The van der Waals surface area contributed by atoms with Crippen LogP contribution in [0.1, 0.15) is 18.9 Å². The number of rotatable bonds is 10. The van der Waals surface area contributed by atoms with Crippen molar-refractivity contribution in [1.82, 2.24) is 0 Å².